The van der Waals surface area contributed by atoms with Gasteiger partial charge in [0, 0.05) is 32.0 Å². The van der Waals surface area contributed by atoms with Crippen LogP contribution in [0.4, 0.5) is 4.79 Å². The quantitative estimate of drug-likeness (QED) is 0.706. The fraction of sp³-hybridized carbons (Fsp3) is 0.789. The Morgan fingerprint density at radius 3 is 2.52 bits per heavy atom. The topological polar surface area (TPSA) is 98.8 Å². The number of hydrogen-bond donors (Lipinski definition) is 2. The molecule has 1 unspecified atom stereocenters. The predicted molar refractivity (Wildman–Crippen MR) is 98.5 cm³/mol. The molecule has 150 valence electrons. The van der Waals surface area contributed by atoms with Gasteiger partial charge in [0.1, 0.15) is 6.54 Å². The lowest BCUT2D eigenvalue weighted by atomic mass is 9.98. The molecule has 1 aliphatic carbocycles. The molecule has 0 spiro atoms. The monoisotopic (exact) mass is 378 g/mol. The van der Waals surface area contributed by atoms with Gasteiger partial charge < -0.3 is 15.1 Å². The zero-order valence-corrected chi connectivity index (χ0v) is 16.4. The molecule has 2 N–H and O–H groups in total. The second kappa shape index (κ2) is 7.86. The molecular formula is C19H30N4O4. The second-order valence-electron chi connectivity index (χ2n) is 8.65. The van der Waals surface area contributed by atoms with Crippen molar-refractivity contribution in [3.63, 3.8) is 0 Å². The summed E-state index contributed by atoms with van der Waals surface area (Å²) in [6.45, 7) is 7.20. The van der Waals surface area contributed by atoms with Gasteiger partial charge in [0.15, 0.2) is 0 Å². The third-order valence-electron chi connectivity index (χ3n) is 5.67. The number of carbonyl (C=O) groups excluding carboxylic acids is 4. The third-order valence-corrected chi connectivity index (χ3v) is 5.67. The molecular weight excluding hydrogens is 348 g/mol. The molecule has 1 saturated carbocycles. The summed E-state index contributed by atoms with van der Waals surface area (Å²) < 4.78 is 0. The lowest BCUT2D eigenvalue weighted by Crippen LogP contribution is -2.56. The van der Waals surface area contributed by atoms with E-state index >= 15 is 0 Å². The van der Waals surface area contributed by atoms with Crippen molar-refractivity contribution in [1.82, 2.24) is 20.4 Å². The van der Waals surface area contributed by atoms with E-state index in [0.29, 0.717) is 37.3 Å². The smallest absolute Gasteiger partial charge is 0.324 e. The van der Waals surface area contributed by atoms with Crippen LogP contribution in [0.2, 0.25) is 0 Å². The SMILES string of the molecule is CC(C)CC(=O)N1C[C@@H](NC(=O)CN2CC(C)C(=O)NC2=O)[C@H](C2CC2)C1. The molecule has 0 aromatic heterocycles. The molecule has 3 rings (SSSR count). The van der Waals surface area contributed by atoms with Crippen LogP contribution >= 0.6 is 0 Å². The van der Waals surface area contributed by atoms with Gasteiger partial charge in [-0.2, -0.15) is 0 Å². The minimum atomic E-state index is -0.521. The Labute approximate surface area is 160 Å². The number of urea groups is 1. The maximum atomic E-state index is 12.5. The number of likely N-dealkylation sites (tertiary alicyclic amines) is 1. The Morgan fingerprint density at radius 2 is 1.89 bits per heavy atom. The Bertz CT molecular complexity index is 631. The zero-order valence-electron chi connectivity index (χ0n) is 16.4. The molecule has 0 aromatic rings. The third kappa shape index (κ3) is 4.78. The highest BCUT2D eigenvalue weighted by molar-refractivity contribution is 5.99. The highest BCUT2D eigenvalue weighted by atomic mass is 16.2. The molecule has 2 saturated heterocycles. The van der Waals surface area contributed by atoms with Gasteiger partial charge in [-0.15, -0.1) is 0 Å². The summed E-state index contributed by atoms with van der Waals surface area (Å²) in [6, 6.07) is -0.583. The van der Waals surface area contributed by atoms with E-state index < -0.39 is 6.03 Å². The molecule has 3 atom stereocenters. The van der Waals surface area contributed by atoms with E-state index in [2.05, 4.69) is 10.6 Å². The van der Waals surface area contributed by atoms with Crippen molar-refractivity contribution in [2.75, 3.05) is 26.2 Å². The Hall–Kier alpha value is -2.12. The number of imide groups is 1. The predicted octanol–water partition coefficient (Wildman–Crippen LogP) is 0.574. The van der Waals surface area contributed by atoms with Gasteiger partial charge in [-0.1, -0.05) is 20.8 Å². The average Bonchev–Trinajstić information content (AvgIpc) is 3.33. The van der Waals surface area contributed by atoms with Crippen molar-refractivity contribution in [1.29, 1.82) is 0 Å². The van der Waals surface area contributed by atoms with Gasteiger partial charge in [-0.3, -0.25) is 19.7 Å². The maximum absolute atomic E-state index is 12.5. The molecule has 2 aliphatic heterocycles. The number of carbonyl (C=O) groups is 4. The number of rotatable bonds is 6. The van der Waals surface area contributed by atoms with Crippen LogP contribution in [0.15, 0.2) is 0 Å². The fourth-order valence-corrected chi connectivity index (χ4v) is 4.03. The van der Waals surface area contributed by atoms with Crippen LogP contribution in [0.25, 0.3) is 0 Å². The van der Waals surface area contributed by atoms with Crippen LogP contribution in [0.3, 0.4) is 0 Å². The number of amides is 5. The van der Waals surface area contributed by atoms with Crippen molar-refractivity contribution >= 4 is 23.8 Å². The Morgan fingerprint density at radius 1 is 1.19 bits per heavy atom. The van der Waals surface area contributed by atoms with Gasteiger partial charge in [0.05, 0.1) is 12.0 Å². The van der Waals surface area contributed by atoms with Crippen molar-refractivity contribution in [3.05, 3.63) is 0 Å². The molecule has 8 heteroatoms. The van der Waals surface area contributed by atoms with E-state index in [-0.39, 0.29) is 42.8 Å². The highest BCUT2D eigenvalue weighted by Gasteiger charge is 2.44. The minimum Gasteiger partial charge on any atom is -0.350 e. The molecule has 0 bridgehead atoms. The van der Waals surface area contributed by atoms with Gasteiger partial charge >= 0.3 is 6.03 Å². The number of nitrogens with zero attached hydrogens (tertiary/aromatic N) is 2. The van der Waals surface area contributed by atoms with E-state index in [1.54, 1.807) is 6.92 Å². The van der Waals surface area contributed by atoms with Crippen LogP contribution in [0, 0.1) is 23.7 Å². The summed E-state index contributed by atoms with van der Waals surface area (Å²) in [6.07, 6.45) is 2.83. The van der Waals surface area contributed by atoms with E-state index in [9.17, 15) is 19.2 Å². The summed E-state index contributed by atoms with van der Waals surface area (Å²) in [4.78, 5) is 51.6. The van der Waals surface area contributed by atoms with Crippen LogP contribution in [-0.2, 0) is 14.4 Å². The molecule has 3 fully saturated rings. The molecule has 5 amide bonds. The Balaban J connectivity index is 1.56. The summed E-state index contributed by atoms with van der Waals surface area (Å²) in [7, 11) is 0. The van der Waals surface area contributed by atoms with E-state index in [0.717, 1.165) is 12.8 Å². The van der Waals surface area contributed by atoms with Gasteiger partial charge in [0.2, 0.25) is 17.7 Å². The molecule has 2 heterocycles. The van der Waals surface area contributed by atoms with Crippen molar-refractivity contribution < 1.29 is 19.2 Å². The highest BCUT2D eigenvalue weighted by Crippen LogP contribution is 2.41. The molecule has 3 aliphatic rings. The Kier molecular flexibility index (Phi) is 5.72. The second-order valence-corrected chi connectivity index (χ2v) is 8.65. The summed E-state index contributed by atoms with van der Waals surface area (Å²) in [5.74, 6) is 0.457. The van der Waals surface area contributed by atoms with Crippen molar-refractivity contribution in [2.45, 2.75) is 46.1 Å². The number of hydrogen-bond acceptors (Lipinski definition) is 4. The lowest BCUT2D eigenvalue weighted by Gasteiger charge is -2.30. The zero-order chi connectivity index (χ0) is 19.7. The van der Waals surface area contributed by atoms with E-state index in [1.807, 2.05) is 18.7 Å². The molecule has 0 aromatic carbocycles. The first-order valence-corrected chi connectivity index (χ1v) is 9.91. The average molecular weight is 378 g/mol. The molecule has 0 radical (unpaired) electrons. The fourth-order valence-electron chi connectivity index (χ4n) is 4.03. The van der Waals surface area contributed by atoms with Crippen LogP contribution < -0.4 is 10.6 Å². The van der Waals surface area contributed by atoms with Crippen molar-refractivity contribution in [3.8, 4) is 0 Å². The van der Waals surface area contributed by atoms with Gasteiger partial charge in [-0.05, 0) is 24.7 Å². The van der Waals surface area contributed by atoms with Crippen LogP contribution in [0.1, 0.15) is 40.0 Å². The molecule has 8 nitrogen and oxygen atoms in total. The van der Waals surface area contributed by atoms with Gasteiger partial charge in [-0.25, -0.2) is 4.79 Å². The standard InChI is InChI=1S/C19H30N4O4/c1-11(2)6-17(25)22-8-14(13-4-5-13)15(9-22)20-16(24)10-23-7-12(3)18(26)21-19(23)27/h11-15H,4-10H2,1-3H3,(H,20,24)(H,21,26,27)/t12?,14-,15+/m0/s1. The van der Waals surface area contributed by atoms with Crippen molar-refractivity contribution in [2.24, 2.45) is 23.7 Å². The summed E-state index contributed by atoms with van der Waals surface area (Å²) in [5.41, 5.74) is 0. The van der Waals surface area contributed by atoms with Crippen LogP contribution in [0.5, 0.6) is 0 Å². The lowest BCUT2D eigenvalue weighted by molar-refractivity contribution is -0.131. The maximum Gasteiger partial charge on any atom is 0.324 e. The van der Waals surface area contributed by atoms with Gasteiger partial charge in [0.25, 0.3) is 0 Å². The number of nitrogens with one attached hydrogen (secondary N) is 2. The van der Waals surface area contributed by atoms with E-state index in [1.165, 1.54) is 4.90 Å². The minimum absolute atomic E-state index is 0.0620. The first kappa shape index (κ1) is 19.6. The molecule has 27 heavy (non-hydrogen) atoms. The largest absolute Gasteiger partial charge is 0.350 e. The summed E-state index contributed by atoms with van der Waals surface area (Å²) in [5, 5.41) is 5.31. The first-order valence-electron chi connectivity index (χ1n) is 9.91. The summed E-state index contributed by atoms with van der Waals surface area (Å²) >= 11 is 0. The first-order chi connectivity index (χ1) is 12.7. The van der Waals surface area contributed by atoms with Crippen LogP contribution in [-0.4, -0.2) is 65.8 Å². The van der Waals surface area contributed by atoms with E-state index in [4.69, 9.17) is 0 Å². The normalized spacial score (nSPS) is 28.5.